The first-order valence-corrected chi connectivity index (χ1v) is 10.6. The maximum Gasteiger partial charge on any atom is 0.262 e. The van der Waals surface area contributed by atoms with E-state index in [1.54, 1.807) is 22.8 Å². The van der Waals surface area contributed by atoms with E-state index in [9.17, 15) is 9.59 Å². The van der Waals surface area contributed by atoms with Crippen LogP contribution in [0.2, 0.25) is 5.02 Å². The molecule has 146 valence electrons. The van der Waals surface area contributed by atoms with Gasteiger partial charge in [0.25, 0.3) is 5.56 Å². The number of aromatic nitrogens is 2. The van der Waals surface area contributed by atoms with E-state index in [-0.39, 0.29) is 28.8 Å². The topological polar surface area (TPSA) is 99.6 Å². The first-order valence-electron chi connectivity index (χ1n) is 9.24. The van der Waals surface area contributed by atoms with Crippen LogP contribution < -0.4 is 5.56 Å². The highest BCUT2D eigenvalue weighted by molar-refractivity contribution is 7.99. The number of thioether (sulfide) groups is 1. The zero-order valence-electron chi connectivity index (χ0n) is 15.6. The molecule has 0 bridgehead atoms. The molecule has 1 saturated carbocycles. The van der Waals surface area contributed by atoms with Crippen molar-refractivity contribution < 1.29 is 4.79 Å². The van der Waals surface area contributed by atoms with Gasteiger partial charge in [-0.1, -0.05) is 42.6 Å². The van der Waals surface area contributed by atoms with Crippen molar-refractivity contribution in [2.45, 2.75) is 50.2 Å². The van der Waals surface area contributed by atoms with Crippen molar-refractivity contribution in [1.82, 2.24) is 9.55 Å². The molecule has 2 aromatic rings. The van der Waals surface area contributed by atoms with E-state index in [0.29, 0.717) is 21.1 Å². The number of nitriles is 1. The molecule has 1 aliphatic carbocycles. The average Bonchev–Trinajstić information content (AvgIpc) is 2.67. The molecule has 0 spiro atoms. The van der Waals surface area contributed by atoms with Gasteiger partial charge in [0, 0.05) is 16.8 Å². The van der Waals surface area contributed by atoms with E-state index in [1.807, 2.05) is 6.07 Å². The third-order valence-corrected chi connectivity index (χ3v) is 6.21. The minimum Gasteiger partial charge on any atom is -0.308 e. The standard InChI is InChI=1S/C20H21ClN4O2S/c1-12(23)16(10-22)18(26)11-28-20-24-17-9-13(21)7-8-15(17)19(27)25(20)14-5-3-2-4-6-14/h7-9,14,16,23H,2-6,11H2,1H3. The van der Waals surface area contributed by atoms with E-state index in [2.05, 4.69) is 4.98 Å². The zero-order valence-corrected chi connectivity index (χ0v) is 17.1. The molecule has 28 heavy (non-hydrogen) atoms. The largest absolute Gasteiger partial charge is 0.308 e. The summed E-state index contributed by atoms with van der Waals surface area (Å²) in [4.78, 5) is 30.2. The summed E-state index contributed by atoms with van der Waals surface area (Å²) in [7, 11) is 0. The number of nitrogens with one attached hydrogen (secondary N) is 1. The number of carbonyl (C=O) groups excluding carboxylic acids is 1. The van der Waals surface area contributed by atoms with E-state index in [0.717, 1.165) is 43.9 Å². The van der Waals surface area contributed by atoms with Gasteiger partial charge in [0.1, 0.15) is 5.92 Å². The molecule has 1 N–H and O–H groups in total. The van der Waals surface area contributed by atoms with Gasteiger partial charge in [-0.15, -0.1) is 0 Å². The van der Waals surface area contributed by atoms with Gasteiger partial charge in [0.2, 0.25) is 0 Å². The number of rotatable bonds is 6. The molecular formula is C20H21ClN4O2S. The Kier molecular flexibility index (Phi) is 6.53. The van der Waals surface area contributed by atoms with Crippen LogP contribution >= 0.6 is 23.4 Å². The third-order valence-electron chi connectivity index (χ3n) is 5.00. The van der Waals surface area contributed by atoms with Crippen molar-refractivity contribution in [3.63, 3.8) is 0 Å². The summed E-state index contributed by atoms with van der Waals surface area (Å²) in [6.07, 6.45) is 5.08. The molecule has 1 atom stereocenters. The number of benzene rings is 1. The summed E-state index contributed by atoms with van der Waals surface area (Å²) in [6.45, 7) is 1.45. The second-order valence-corrected chi connectivity index (χ2v) is 8.40. The monoisotopic (exact) mass is 416 g/mol. The number of carbonyl (C=O) groups is 1. The fourth-order valence-electron chi connectivity index (χ4n) is 3.54. The Balaban J connectivity index is 2.01. The zero-order chi connectivity index (χ0) is 20.3. The number of hydrogen-bond donors (Lipinski definition) is 1. The van der Waals surface area contributed by atoms with Gasteiger partial charge in [-0.05, 0) is 38.0 Å². The first kappa shape index (κ1) is 20.6. The number of ketones is 1. The van der Waals surface area contributed by atoms with Gasteiger partial charge >= 0.3 is 0 Å². The molecule has 3 rings (SSSR count). The normalized spacial score (nSPS) is 15.9. The molecule has 0 amide bonds. The lowest BCUT2D eigenvalue weighted by atomic mass is 9.95. The maximum absolute atomic E-state index is 13.2. The lowest BCUT2D eigenvalue weighted by Crippen LogP contribution is -2.29. The van der Waals surface area contributed by atoms with Crippen molar-refractivity contribution in [1.29, 1.82) is 10.7 Å². The Hall–Kier alpha value is -2.17. The summed E-state index contributed by atoms with van der Waals surface area (Å²) in [5, 5.41) is 18.2. The second kappa shape index (κ2) is 8.89. The number of halogens is 1. The van der Waals surface area contributed by atoms with Crippen molar-refractivity contribution in [3.05, 3.63) is 33.6 Å². The molecule has 1 heterocycles. The Labute approximate surface area is 172 Å². The average molecular weight is 417 g/mol. The van der Waals surface area contributed by atoms with E-state index >= 15 is 0 Å². The van der Waals surface area contributed by atoms with Gasteiger partial charge in [-0.3, -0.25) is 14.2 Å². The number of fused-ring (bicyclic) bond motifs is 1. The predicted octanol–water partition coefficient (Wildman–Crippen LogP) is 4.40. The van der Waals surface area contributed by atoms with E-state index in [1.165, 1.54) is 6.92 Å². The van der Waals surface area contributed by atoms with Gasteiger partial charge in [-0.25, -0.2) is 4.98 Å². The number of nitrogens with zero attached hydrogens (tertiary/aromatic N) is 3. The van der Waals surface area contributed by atoms with Crippen LogP contribution in [0, 0.1) is 22.7 Å². The number of Topliss-reactive ketones (excluding diaryl/α,β-unsaturated/α-hetero) is 1. The second-order valence-electron chi connectivity index (χ2n) is 7.02. The third kappa shape index (κ3) is 4.29. The fraction of sp³-hybridized carbons (Fsp3) is 0.450. The molecule has 0 aliphatic heterocycles. The van der Waals surface area contributed by atoms with Crippen molar-refractivity contribution in [2.75, 3.05) is 5.75 Å². The summed E-state index contributed by atoms with van der Waals surface area (Å²) in [5.74, 6) is -1.42. The highest BCUT2D eigenvalue weighted by Crippen LogP contribution is 2.31. The minimum absolute atomic E-state index is 0.0142. The summed E-state index contributed by atoms with van der Waals surface area (Å²) in [6, 6.07) is 6.95. The molecule has 1 aliphatic rings. The van der Waals surface area contributed by atoms with Crippen molar-refractivity contribution in [3.8, 4) is 6.07 Å². The molecular weight excluding hydrogens is 396 g/mol. The van der Waals surface area contributed by atoms with Crippen LogP contribution in [0.3, 0.4) is 0 Å². The molecule has 0 radical (unpaired) electrons. The smallest absolute Gasteiger partial charge is 0.262 e. The Bertz CT molecular complexity index is 1020. The van der Waals surface area contributed by atoms with E-state index < -0.39 is 5.92 Å². The van der Waals surface area contributed by atoms with Gasteiger partial charge < -0.3 is 5.41 Å². The summed E-state index contributed by atoms with van der Waals surface area (Å²) < 4.78 is 1.71. The Morgan fingerprint density at radius 2 is 2.14 bits per heavy atom. The highest BCUT2D eigenvalue weighted by atomic mass is 35.5. The Morgan fingerprint density at radius 1 is 1.43 bits per heavy atom. The maximum atomic E-state index is 13.2. The van der Waals surface area contributed by atoms with Crippen LogP contribution in [0.4, 0.5) is 0 Å². The van der Waals surface area contributed by atoms with Crippen LogP contribution in [0.5, 0.6) is 0 Å². The molecule has 0 saturated heterocycles. The van der Waals surface area contributed by atoms with Crippen LogP contribution in [0.1, 0.15) is 45.1 Å². The number of hydrogen-bond acceptors (Lipinski definition) is 6. The molecule has 1 aromatic carbocycles. The summed E-state index contributed by atoms with van der Waals surface area (Å²) in [5.41, 5.74) is 0.402. The van der Waals surface area contributed by atoms with Crippen LogP contribution in [0.25, 0.3) is 10.9 Å². The van der Waals surface area contributed by atoms with Gasteiger partial charge in [-0.2, -0.15) is 5.26 Å². The molecule has 1 fully saturated rings. The van der Waals surface area contributed by atoms with Crippen LogP contribution in [-0.2, 0) is 4.79 Å². The quantitative estimate of drug-likeness (QED) is 0.427. The van der Waals surface area contributed by atoms with E-state index in [4.69, 9.17) is 22.3 Å². The summed E-state index contributed by atoms with van der Waals surface area (Å²) >= 11 is 7.22. The highest BCUT2D eigenvalue weighted by Gasteiger charge is 2.24. The molecule has 8 heteroatoms. The lowest BCUT2D eigenvalue weighted by Gasteiger charge is -2.26. The predicted molar refractivity (Wildman–Crippen MR) is 111 cm³/mol. The lowest BCUT2D eigenvalue weighted by molar-refractivity contribution is -0.117. The van der Waals surface area contributed by atoms with Crippen molar-refractivity contribution in [2.24, 2.45) is 5.92 Å². The Morgan fingerprint density at radius 3 is 2.79 bits per heavy atom. The molecule has 1 aromatic heterocycles. The molecule has 6 nitrogen and oxygen atoms in total. The van der Waals surface area contributed by atoms with Gasteiger partial charge in [0.05, 0.1) is 22.7 Å². The first-order chi connectivity index (χ1) is 13.4. The fourth-order valence-corrected chi connectivity index (χ4v) is 4.68. The van der Waals surface area contributed by atoms with Crippen LogP contribution in [-0.4, -0.2) is 26.8 Å². The minimum atomic E-state index is -1.06. The van der Waals surface area contributed by atoms with Gasteiger partial charge in [0.15, 0.2) is 10.9 Å². The van der Waals surface area contributed by atoms with Crippen LogP contribution in [0.15, 0.2) is 28.2 Å². The SMILES string of the molecule is CC(=N)C(C#N)C(=O)CSc1nc2cc(Cl)ccc2c(=O)n1C1CCCCC1. The van der Waals surface area contributed by atoms with Crippen molar-refractivity contribution >= 4 is 45.8 Å². The molecule has 1 unspecified atom stereocenters.